The standard InChI is InChI=1S/C24H31N3O2.ClH/c1-3-21(18-10-6-4-7-11-18)22(28)27-16-14-20(15-17-27)26-23(29)24(2,25)19-12-8-5-9-13-19;/h4-13,20-21H,3,14-17,25H2,1-2H3,(H,26,29);1H. The van der Waals surface area contributed by atoms with E-state index in [0.717, 1.165) is 30.4 Å². The van der Waals surface area contributed by atoms with E-state index in [1.165, 1.54) is 0 Å². The van der Waals surface area contributed by atoms with E-state index >= 15 is 0 Å². The zero-order valence-electron chi connectivity index (χ0n) is 17.7. The summed E-state index contributed by atoms with van der Waals surface area (Å²) in [6.45, 7) is 5.09. The lowest BCUT2D eigenvalue weighted by Crippen LogP contribution is -2.54. The van der Waals surface area contributed by atoms with E-state index in [2.05, 4.69) is 5.32 Å². The van der Waals surface area contributed by atoms with Gasteiger partial charge in [-0.3, -0.25) is 9.59 Å². The number of halogens is 1. The third-order valence-electron chi connectivity index (χ3n) is 5.90. The van der Waals surface area contributed by atoms with Crippen molar-refractivity contribution >= 4 is 24.2 Å². The smallest absolute Gasteiger partial charge is 0.244 e. The molecule has 0 aromatic heterocycles. The number of nitrogens with two attached hydrogens (primary N) is 1. The summed E-state index contributed by atoms with van der Waals surface area (Å²) in [7, 11) is 0. The molecule has 0 spiro atoms. The van der Waals surface area contributed by atoms with E-state index in [0.29, 0.717) is 13.1 Å². The molecule has 6 heteroatoms. The predicted octanol–water partition coefficient (Wildman–Crippen LogP) is 3.58. The second kappa shape index (κ2) is 10.6. The predicted molar refractivity (Wildman–Crippen MR) is 122 cm³/mol. The van der Waals surface area contributed by atoms with E-state index in [9.17, 15) is 9.59 Å². The van der Waals surface area contributed by atoms with Gasteiger partial charge in [0.05, 0.1) is 5.92 Å². The van der Waals surface area contributed by atoms with Crippen LogP contribution in [0.25, 0.3) is 0 Å². The van der Waals surface area contributed by atoms with Gasteiger partial charge < -0.3 is 16.0 Å². The minimum absolute atomic E-state index is 0. The van der Waals surface area contributed by atoms with E-state index in [-0.39, 0.29) is 36.2 Å². The molecular weight excluding hydrogens is 398 g/mol. The Morgan fingerprint density at radius 3 is 2.13 bits per heavy atom. The van der Waals surface area contributed by atoms with Crippen LogP contribution in [0.1, 0.15) is 50.2 Å². The minimum atomic E-state index is -1.07. The molecule has 0 saturated carbocycles. The number of nitrogens with zero attached hydrogens (tertiary/aromatic N) is 1. The van der Waals surface area contributed by atoms with E-state index in [1.54, 1.807) is 6.92 Å². The first kappa shape index (κ1) is 23.9. The summed E-state index contributed by atoms with van der Waals surface area (Å²) < 4.78 is 0. The monoisotopic (exact) mass is 429 g/mol. The molecule has 2 aromatic rings. The van der Waals surface area contributed by atoms with Crippen molar-refractivity contribution < 1.29 is 9.59 Å². The van der Waals surface area contributed by atoms with Crippen molar-refractivity contribution in [2.75, 3.05) is 13.1 Å². The molecular formula is C24H32ClN3O2. The number of rotatable bonds is 6. The molecule has 0 bridgehead atoms. The Morgan fingerprint density at radius 2 is 1.60 bits per heavy atom. The second-order valence-electron chi connectivity index (χ2n) is 8.01. The normalized spacial score (nSPS) is 17.4. The molecule has 5 nitrogen and oxygen atoms in total. The van der Waals surface area contributed by atoms with Crippen molar-refractivity contribution in [1.82, 2.24) is 10.2 Å². The summed E-state index contributed by atoms with van der Waals surface area (Å²) in [5, 5.41) is 3.09. The van der Waals surface area contributed by atoms with Crippen LogP contribution >= 0.6 is 12.4 Å². The van der Waals surface area contributed by atoms with Gasteiger partial charge >= 0.3 is 0 Å². The van der Waals surface area contributed by atoms with Gasteiger partial charge in [0.25, 0.3) is 0 Å². The average Bonchev–Trinajstić information content (AvgIpc) is 2.76. The molecule has 2 aromatic carbocycles. The van der Waals surface area contributed by atoms with Crippen molar-refractivity contribution in [1.29, 1.82) is 0 Å². The SMILES string of the molecule is CCC(C(=O)N1CCC(NC(=O)C(C)(N)c2ccccc2)CC1)c1ccccc1.Cl. The van der Waals surface area contributed by atoms with E-state index in [4.69, 9.17) is 5.73 Å². The Balaban J connectivity index is 0.00000320. The van der Waals surface area contributed by atoms with Crippen LogP contribution in [0.15, 0.2) is 60.7 Å². The van der Waals surface area contributed by atoms with Crippen LogP contribution in [-0.2, 0) is 15.1 Å². The molecule has 30 heavy (non-hydrogen) atoms. The molecule has 1 saturated heterocycles. The van der Waals surface area contributed by atoms with Crippen molar-refractivity contribution in [3.63, 3.8) is 0 Å². The minimum Gasteiger partial charge on any atom is -0.351 e. The lowest BCUT2D eigenvalue weighted by molar-refractivity contribution is -0.134. The molecule has 3 N–H and O–H groups in total. The Kier molecular flexibility index (Phi) is 8.44. The lowest BCUT2D eigenvalue weighted by Gasteiger charge is -2.36. The van der Waals surface area contributed by atoms with Crippen molar-refractivity contribution in [2.45, 2.75) is 50.6 Å². The number of nitrogens with one attached hydrogen (secondary N) is 1. The van der Waals surface area contributed by atoms with Crippen LogP contribution in [0.3, 0.4) is 0 Å². The first-order valence-corrected chi connectivity index (χ1v) is 10.4. The Bertz CT molecular complexity index is 819. The van der Waals surface area contributed by atoms with Crippen LogP contribution in [0, 0.1) is 0 Å². The van der Waals surface area contributed by atoms with Crippen LogP contribution in [0.4, 0.5) is 0 Å². The Hall–Kier alpha value is -2.37. The molecule has 1 heterocycles. The number of likely N-dealkylation sites (tertiary alicyclic amines) is 1. The van der Waals surface area contributed by atoms with Crippen molar-refractivity contribution in [2.24, 2.45) is 5.73 Å². The fourth-order valence-corrected chi connectivity index (χ4v) is 3.95. The van der Waals surface area contributed by atoms with Gasteiger partial charge in [-0.15, -0.1) is 12.4 Å². The number of amides is 2. The van der Waals surface area contributed by atoms with Gasteiger partial charge in [0.1, 0.15) is 5.54 Å². The zero-order valence-corrected chi connectivity index (χ0v) is 18.5. The first-order chi connectivity index (χ1) is 13.9. The second-order valence-corrected chi connectivity index (χ2v) is 8.01. The van der Waals surface area contributed by atoms with Gasteiger partial charge in [-0.25, -0.2) is 0 Å². The van der Waals surface area contributed by atoms with Gasteiger partial charge in [-0.1, -0.05) is 67.6 Å². The van der Waals surface area contributed by atoms with Crippen LogP contribution in [-0.4, -0.2) is 35.8 Å². The highest BCUT2D eigenvalue weighted by atomic mass is 35.5. The van der Waals surface area contributed by atoms with E-state index < -0.39 is 5.54 Å². The van der Waals surface area contributed by atoms with Crippen molar-refractivity contribution in [3.05, 3.63) is 71.8 Å². The van der Waals surface area contributed by atoms with Crippen molar-refractivity contribution in [3.8, 4) is 0 Å². The number of carbonyl (C=O) groups is 2. The Labute approximate surface area is 185 Å². The molecule has 0 aliphatic carbocycles. The molecule has 2 atom stereocenters. The summed E-state index contributed by atoms with van der Waals surface area (Å²) in [4.78, 5) is 27.7. The molecule has 2 unspecified atom stereocenters. The summed E-state index contributed by atoms with van der Waals surface area (Å²) in [6, 6.07) is 19.4. The third kappa shape index (κ3) is 5.41. The number of hydrogen-bond acceptors (Lipinski definition) is 3. The number of benzene rings is 2. The summed E-state index contributed by atoms with van der Waals surface area (Å²) in [5.74, 6) is -0.103. The fraction of sp³-hybridized carbons (Fsp3) is 0.417. The van der Waals surface area contributed by atoms with Gasteiger partial charge in [0, 0.05) is 19.1 Å². The van der Waals surface area contributed by atoms with Gasteiger partial charge in [0.2, 0.25) is 11.8 Å². The highest BCUT2D eigenvalue weighted by molar-refractivity contribution is 5.87. The molecule has 0 radical (unpaired) electrons. The molecule has 1 aliphatic rings. The summed E-state index contributed by atoms with van der Waals surface area (Å²) >= 11 is 0. The summed E-state index contributed by atoms with van der Waals surface area (Å²) in [6.07, 6.45) is 2.27. The molecule has 1 fully saturated rings. The summed E-state index contributed by atoms with van der Waals surface area (Å²) in [5.41, 5.74) is 7.10. The highest BCUT2D eigenvalue weighted by Crippen LogP contribution is 2.24. The maximum Gasteiger partial charge on any atom is 0.244 e. The van der Waals surface area contributed by atoms with E-state index in [1.807, 2.05) is 72.5 Å². The van der Waals surface area contributed by atoms with Gasteiger partial charge in [0.15, 0.2) is 0 Å². The number of carbonyl (C=O) groups excluding carboxylic acids is 2. The Morgan fingerprint density at radius 1 is 1.07 bits per heavy atom. The quantitative estimate of drug-likeness (QED) is 0.736. The van der Waals surface area contributed by atoms with Gasteiger partial charge in [-0.05, 0) is 37.3 Å². The number of piperidine rings is 1. The first-order valence-electron chi connectivity index (χ1n) is 10.4. The number of hydrogen-bond donors (Lipinski definition) is 2. The third-order valence-corrected chi connectivity index (χ3v) is 5.90. The average molecular weight is 430 g/mol. The van der Waals surface area contributed by atoms with Gasteiger partial charge in [-0.2, -0.15) is 0 Å². The highest BCUT2D eigenvalue weighted by Gasteiger charge is 2.34. The molecule has 1 aliphatic heterocycles. The molecule has 162 valence electrons. The topological polar surface area (TPSA) is 75.4 Å². The zero-order chi connectivity index (χ0) is 20.9. The maximum atomic E-state index is 13.0. The van der Waals surface area contributed by atoms with Crippen LogP contribution in [0.5, 0.6) is 0 Å². The molecule has 3 rings (SSSR count). The lowest BCUT2D eigenvalue weighted by atomic mass is 9.91. The maximum absolute atomic E-state index is 13.0. The van der Waals surface area contributed by atoms with Crippen LogP contribution in [0.2, 0.25) is 0 Å². The largest absolute Gasteiger partial charge is 0.351 e. The van der Waals surface area contributed by atoms with Crippen LogP contribution < -0.4 is 11.1 Å². The fourth-order valence-electron chi connectivity index (χ4n) is 3.95. The molecule has 2 amide bonds.